The first-order valence-electron chi connectivity index (χ1n) is 4.39. The number of nitrogens with zero attached hydrogens (tertiary/aromatic N) is 1. The van der Waals surface area contributed by atoms with Crippen molar-refractivity contribution in [3.63, 3.8) is 0 Å². The minimum Gasteiger partial charge on any atom is -0.378 e. The van der Waals surface area contributed by atoms with Crippen molar-refractivity contribution < 1.29 is 9.47 Å². The highest BCUT2D eigenvalue weighted by Gasteiger charge is 2.30. The summed E-state index contributed by atoms with van der Waals surface area (Å²) in [6, 6.07) is 0.471. The topological polar surface area (TPSA) is 21.7 Å². The molecule has 2 heterocycles. The van der Waals surface area contributed by atoms with Crippen LogP contribution in [0.15, 0.2) is 0 Å². The van der Waals surface area contributed by atoms with Crippen LogP contribution in [0.5, 0.6) is 0 Å². The van der Waals surface area contributed by atoms with Gasteiger partial charge in [0.05, 0.1) is 32.0 Å². The molecule has 0 N–H and O–H groups in total. The van der Waals surface area contributed by atoms with Crippen LogP contribution in [0.25, 0.3) is 0 Å². The molecule has 2 aliphatic rings. The van der Waals surface area contributed by atoms with Crippen LogP contribution in [0.4, 0.5) is 0 Å². The van der Waals surface area contributed by atoms with Crippen LogP contribution >= 0.6 is 11.6 Å². The molecule has 2 unspecified atom stereocenters. The molecule has 0 amide bonds. The molecule has 70 valence electrons. The van der Waals surface area contributed by atoms with Crippen LogP contribution in [0.3, 0.4) is 0 Å². The van der Waals surface area contributed by atoms with Crippen molar-refractivity contribution in [3.05, 3.63) is 0 Å². The van der Waals surface area contributed by atoms with E-state index in [0.717, 1.165) is 32.9 Å². The largest absolute Gasteiger partial charge is 0.378 e. The fraction of sp³-hybridized carbons (Fsp3) is 1.00. The molecule has 2 rings (SSSR count). The average Bonchev–Trinajstić information content (AvgIpc) is 2.17. The van der Waals surface area contributed by atoms with Crippen LogP contribution in [0.2, 0.25) is 0 Å². The second-order valence-corrected chi connectivity index (χ2v) is 3.64. The van der Waals surface area contributed by atoms with Gasteiger partial charge in [0.25, 0.3) is 0 Å². The Hall–Kier alpha value is 0.170. The summed E-state index contributed by atoms with van der Waals surface area (Å²) in [6.07, 6.45) is 0.223. The number of rotatable bonds is 1. The van der Waals surface area contributed by atoms with Crippen molar-refractivity contribution in [2.75, 3.05) is 38.8 Å². The van der Waals surface area contributed by atoms with Crippen molar-refractivity contribution in [3.8, 4) is 0 Å². The van der Waals surface area contributed by atoms with E-state index in [1.54, 1.807) is 0 Å². The third-order valence-corrected chi connectivity index (χ3v) is 2.83. The quantitative estimate of drug-likeness (QED) is 0.558. The zero-order valence-electron chi connectivity index (χ0n) is 7.04. The van der Waals surface area contributed by atoms with Gasteiger partial charge in [0.2, 0.25) is 0 Å². The van der Waals surface area contributed by atoms with E-state index in [4.69, 9.17) is 21.1 Å². The van der Waals surface area contributed by atoms with Gasteiger partial charge in [-0.05, 0) is 0 Å². The number of fused-ring (bicyclic) bond motifs is 1. The highest BCUT2D eigenvalue weighted by Crippen LogP contribution is 2.15. The minimum atomic E-state index is 0.223. The van der Waals surface area contributed by atoms with Crippen molar-refractivity contribution in [1.82, 2.24) is 4.90 Å². The number of hydrogen-bond donors (Lipinski definition) is 0. The fourth-order valence-corrected chi connectivity index (χ4v) is 1.92. The molecule has 3 nitrogen and oxygen atoms in total. The van der Waals surface area contributed by atoms with Gasteiger partial charge in [-0.2, -0.15) is 0 Å². The first-order valence-corrected chi connectivity index (χ1v) is 4.93. The zero-order valence-corrected chi connectivity index (χ0v) is 7.79. The second-order valence-electron chi connectivity index (χ2n) is 3.33. The Morgan fingerprint density at radius 1 is 1.42 bits per heavy atom. The normalized spacial score (nSPS) is 37.8. The van der Waals surface area contributed by atoms with Gasteiger partial charge in [0, 0.05) is 19.0 Å². The maximum atomic E-state index is 5.73. The van der Waals surface area contributed by atoms with Gasteiger partial charge < -0.3 is 9.47 Å². The molecule has 0 bridgehead atoms. The summed E-state index contributed by atoms with van der Waals surface area (Å²) < 4.78 is 10.9. The van der Waals surface area contributed by atoms with Crippen molar-refractivity contribution in [1.29, 1.82) is 0 Å². The van der Waals surface area contributed by atoms with Gasteiger partial charge in [0.15, 0.2) is 0 Å². The number of morpholine rings is 2. The molecule has 0 spiro atoms. The molecule has 2 aliphatic heterocycles. The Labute approximate surface area is 77.6 Å². The SMILES string of the molecule is ClCC1CN2CCOCC2CO1. The number of hydrogen-bond acceptors (Lipinski definition) is 3. The molecular formula is C8H14ClNO2. The van der Waals surface area contributed by atoms with Gasteiger partial charge in [-0.1, -0.05) is 0 Å². The van der Waals surface area contributed by atoms with E-state index >= 15 is 0 Å². The highest BCUT2D eigenvalue weighted by atomic mass is 35.5. The van der Waals surface area contributed by atoms with Crippen LogP contribution in [0.1, 0.15) is 0 Å². The Balaban J connectivity index is 1.90. The third kappa shape index (κ3) is 1.74. The maximum absolute atomic E-state index is 5.73. The van der Waals surface area contributed by atoms with Crippen LogP contribution in [-0.2, 0) is 9.47 Å². The second kappa shape index (κ2) is 3.92. The standard InChI is InChI=1S/C8H14ClNO2/c9-3-8-4-10-1-2-11-5-7(10)6-12-8/h7-8H,1-6H2. The van der Waals surface area contributed by atoms with Crippen LogP contribution in [-0.4, -0.2) is 55.8 Å². The summed E-state index contributed by atoms with van der Waals surface area (Å²) >= 11 is 5.73. The van der Waals surface area contributed by atoms with Gasteiger partial charge >= 0.3 is 0 Å². The lowest BCUT2D eigenvalue weighted by Gasteiger charge is -2.41. The van der Waals surface area contributed by atoms with E-state index in [-0.39, 0.29) is 6.10 Å². The Bertz CT molecular complexity index is 156. The molecule has 0 aromatic heterocycles. The highest BCUT2D eigenvalue weighted by molar-refractivity contribution is 6.18. The van der Waals surface area contributed by atoms with Crippen molar-refractivity contribution in [2.24, 2.45) is 0 Å². The summed E-state index contributed by atoms with van der Waals surface area (Å²) in [7, 11) is 0. The van der Waals surface area contributed by atoms with Crippen molar-refractivity contribution in [2.45, 2.75) is 12.1 Å². The predicted octanol–water partition coefficient (Wildman–Crippen LogP) is 0.325. The molecular weight excluding hydrogens is 178 g/mol. The molecule has 12 heavy (non-hydrogen) atoms. The lowest BCUT2D eigenvalue weighted by Crippen LogP contribution is -2.55. The van der Waals surface area contributed by atoms with E-state index < -0.39 is 0 Å². The van der Waals surface area contributed by atoms with E-state index in [2.05, 4.69) is 4.90 Å². The molecule has 2 atom stereocenters. The lowest BCUT2D eigenvalue weighted by molar-refractivity contribution is -0.109. The number of alkyl halides is 1. The Morgan fingerprint density at radius 2 is 2.33 bits per heavy atom. The Kier molecular flexibility index (Phi) is 2.86. The number of ether oxygens (including phenoxy) is 2. The summed E-state index contributed by atoms with van der Waals surface area (Å²) in [5.41, 5.74) is 0. The zero-order chi connectivity index (χ0) is 8.39. The molecule has 0 aliphatic carbocycles. The van der Waals surface area contributed by atoms with Crippen LogP contribution in [0, 0.1) is 0 Å². The lowest BCUT2D eigenvalue weighted by atomic mass is 10.2. The molecule has 4 heteroatoms. The van der Waals surface area contributed by atoms with Gasteiger partial charge in [-0.3, -0.25) is 4.90 Å². The average molecular weight is 192 g/mol. The first-order chi connectivity index (χ1) is 5.90. The number of halogens is 1. The van der Waals surface area contributed by atoms with Gasteiger partial charge in [-0.15, -0.1) is 11.6 Å². The van der Waals surface area contributed by atoms with Gasteiger partial charge in [-0.25, -0.2) is 0 Å². The monoisotopic (exact) mass is 191 g/mol. The van der Waals surface area contributed by atoms with E-state index in [9.17, 15) is 0 Å². The van der Waals surface area contributed by atoms with E-state index in [1.165, 1.54) is 0 Å². The predicted molar refractivity (Wildman–Crippen MR) is 46.6 cm³/mol. The van der Waals surface area contributed by atoms with Crippen LogP contribution < -0.4 is 0 Å². The Morgan fingerprint density at radius 3 is 3.17 bits per heavy atom. The van der Waals surface area contributed by atoms with E-state index in [0.29, 0.717) is 11.9 Å². The summed E-state index contributed by atoms with van der Waals surface area (Å²) in [5, 5.41) is 0. The molecule has 0 aromatic carbocycles. The maximum Gasteiger partial charge on any atom is 0.0837 e. The van der Waals surface area contributed by atoms with E-state index in [1.807, 2.05) is 0 Å². The first kappa shape index (κ1) is 8.75. The smallest absolute Gasteiger partial charge is 0.0837 e. The summed E-state index contributed by atoms with van der Waals surface area (Å²) in [4.78, 5) is 2.42. The molecule has 0 radical (unpaired) electrons. The van der Waals surface area contributed by atoms with Crippen molar-refractivity contribution >= 4 is 11.6 Å². The molecule has 0 aromatic rings. The molecule has 0 saturated carbocycles. The minimum absolute atomic E-state index is 0.223. The molecule has 2 fully saturated rings. The molecule has 2 saturated heterocycles. The van der Waals surface area contributed by atoms with Gasteiger partial charge in [0.1, 0.15) is 0 Å². The summed E-state index contributed by atoms with van der Waals surface area (Å²) in [6.45, 7) is 4.44. The fourth-order valence-electron chi connectivity index (χ4n) is 1.74. The third-order valence-electron chi connectivity index (χ3n) is 2.48. The summed E-state index contributed by atoms with van der Waals surface area (Å²) in [5.74, 6) is 0.601.